The zero-order valence-corrected chi connectivity index (χ0v) is 12.5. The maximum absolute atomic E-state index is 12.4. The van der Waals surface area contributed by atoms with Crippen molar-refractivity contribution in [2.24, 2.45) is 0 Å². The van der Waals surface area contributed by atoms with Gasteiger partial charge in [0.05, 0.1) is 5.56 Å². The van der Waals surface area contributed by atoms with Crippen LogP contribution in [0.3, 0.4) is 0 Å². The van der Waals surface area contributed by atoms with Gasteiger partial charge in [-0.1, -0.05) is 41.4 Å². The van der Waals surface area contributed by atoms with Crippen molar-refractivity contribution >= 4 is 35.1 Å². The average Bonchev–Trinajstić information content (AvgIpc) is 2.43. The third kappa shape index (κ3) is 4.36. The lowest BCUT2D eigenvalue weighted by Gasteiger charge is -2.05. The number of carbonyl (C=O) groups is 1. The van der Waals surface area contributed by atoms with E-state index in [9.17, 15) is 18.0 Å². The van der Waals surface area contributed by atoms with E-state index >= 15 is 0 Å². The van der Waals surface area contributed by atoms with Gasteiger partial charge in [-0.05, 0) is 42.0 Å². The third-order valence-electron chi connectivity index (χ3n) is 2.81. The molecule has 22 heavy (non-hydrogen) atoms. The van der Waals surface area contributed by atoms with Crippen LogP contribution in [-0.2, 0) is 6.18 Å². The van der Waals surface area contributed by atoms with Gasteiger partial charge in [-0.15, -0.1) is 0 Å². The molecule has 0 saturated carbocycles. The summed E-state index contributed by atoms with van der Waals surface area (Å²) < 4.78 is 37.3. The van der Waals surface area contributed by atoms with E-state index in [4.69, 9.17) is 23.2 Å². The second kappa shape index (κ2) is 6.55. The number of hydrogen-bond acceptors (Lipinski definition) is 1. The van der Waals surface area contributed by atoms with Crippen LogP contribution in [0.15, 0.2) is 48.5 Å². The molecule has 1 nitrogen and oxygen atoms in total. The zero-order valence-electron chi connectivity index (χ0n) is 11.0. The number of halogens is 5. The summed E-state index contributed by atoms with van der Waals surface area (Å²) in [4.78, 5) is 12.0. The Morgan fingerprint density at radius 2 is 1.50 bits per heavy atom. The lowest BCUT2D eigenvalue weighted by molar-refractivity contribution is -0.137. The minimum atomic E-state index is -4.38. The Labute approximate surface area is 135 Å². The molecule has 0 atom stereocenters. The topological polar surface area (TPSA) is 17.1 Å². The maximum Gasteiger partial charge on any atom is 0.416 e. The molecule has 0 aliphatic rings. The van der Waals surface area contributed by atoms with E-state index in [1.807, 2.05) is 0 Å². The Balaban J connectivity index is 2.16. The van der Waals surface area contributed by atoms with Gasteiger partial charge in [0.1, 0.15) is 0 Å². The van der Waals surface area contributed by atoms with Crippen LogP contribution < -0.4 is 0 Å². The van der Waals surface area contributed by atoms with Crippen LogP contribution in [0.25, 0.3) is 6.08 Å². The Kier molecular flexibility index (Phi) is 4.94. The molecule has 0 bridgehead atoms. The summed E-state index contributed by atoms with van der Waals surface area (Å²) in [6.45, 7) is 0. The Hall–Kier alpha value is -1.78. The van der Waals surface area contributed by atoms with E-state index in [1.165, 1.54) is 42.5 Å². The molecule has 2 rings (SSSR count). The second-order valence-corrected chi connectivity index (χ2v) is 5.35. The van der Waals surface area contributed by atoms with E-state index in [0.29, 0.717) is 21.2 Å². The SMILES string of the molecule is O=C(/C=C/c1ccc(C(F)(F)F)cc1)c1cc(Cl)cc(Cl)c1. The third-order valence-corrected chi connectivity index (χ3v) is 3.25. The first-order valence-electron chi connectivity index (χ1n) is 6.11. The molecule has 0 aliphatic heterocycles. The summed E-state index contributed by atoms with van der Waals surface area (Å²) in [5.74, 6) is -0.343. The summed E-state index contributed by atoms with van der Waals surface area (Å²) in [5, 5.41) is 0.664. The van der Waals surface area contributed by atoms with E-state index in [1.54, 1.807) is 0 Å². The summed E-state index contributed by atoms with van der Waals surface area (Å²) in [7, 11) is 0. The number of ketones is 1. The normalized spacial score (nSPS) is 11.9. The smallest absolute Gasteiger partial charge is 0.289 e. The second-order valence-electron chi connectivity index (χ2n) is 4.48. The van der Waals surface area contributed by atoms with E-state index in [0.717, 1.165) is 12.1 Å². The number of benzene rings is 2. The molecular weight excluding hydrogens is 336 g/mol. The molecule has 0 spiro atoms. The van der Waals surface area contributed by atoms with E-state index in [2.05, 4.69) is 0 Å². The van der Waals surface area contributed by atoms with Crippen LogP contribution in [0.2, 0.25) is 10.0 Å². The predicted octanol–water partition coefficient (Wildman–Crippen LogP) is 5.91. The fourth-order valence-electron chi connectivity index (χ4n) is 1.75. The summed E-state index contributed by atoms with van der Waals surface area (Å²) >= 11 is 11.6. The van der Waals surface area contributed by atoms with Gasteiger partial charge in [0.15, 0.2) is 5.78 Å². The highest BCUT2D eigenvalue weighted by Crippen LogP contribution is 2.29. The van der Waals surface area contributed by atoms with E-state index < -0.39 is 11.7 Å². The van der Waals surface area contributed by atoms with Gasteiger partial charge in [-0.25, -0.2) is 0 Å². The monoisotopic (exact) mass is 344 g/mol. The summed E-state index contributed by atoms with van der Waals surface area (Å²) in [5.41, 5.74) is 0.0488. The first-order valence-corrected chi connectivity index (χ1v) is 6.87. The minimum absolute atomic E-state index is 0.306. The van der Waals surface area contributed by atoms with Gasteiger partial charge < -0.3 is 0 Å². The number of rotatable bonds is 3. The lowest BCUT2D eigenvalue weighted by atomic mass is 10.1. The molecule has 0 fully saturated rings. The number of hydrogen-bond donors (Lipinski definition) is 0. The number of allylic oxidation sites excluding steroid dienone is 1. The van der Waals surface area contributed by atoms with Gasteiger partial charge in [-0.3, -0.25) is 4.79 Å². The van der Waals surface area contributed by atoms with Crippen molar-refractivity contribution in [3.8, 4) is 0 Å². The molecule has 2 aromatic rings. The van der Waals surface area contributed by atoms with Crippen molar-refractivity contribution in [1.82, 2.24) is 0 Å². The highest BCUT2D eigenvalue weighted by atomic mass is 35.5. The van der Waals surface area contributed by atoms with Gasteiger partial charge in [0, 0.05) is 15.6 Å². The highest BCUT2D eigenvalue weighted by molar-refractivity contribution is 6.35. The quantitative estimate of drug-likeness (QED) is 0.499. The molecule has 0 saturated heterocycles. The summed E-state index contributed by atoms with van der Waals surface area (Å²) in [6.07, 6.45) is -1.70. The van der Waals surface area contributed by atoms with Crippen LogP contribution in [0.4, 0.5) is 13.2 Å². The predicted molar refractivity (Wildman–Crippen MR) is 81.3 cm³/mol. The molecular formula is C16H9Cl2F3O. The lowest BCUT2D eigenvalue weighted by Crippen LogP contribution is -2.04. The van der Waals surface area contributed by atoms with Gasteiger partial charge in [0.2, 0.25) is 0 Å². The molecule has 6 heteroatoms. The van der Waals surface area contributed by atoms with Crippen molar-refractivity contribution in [3.63, 3.8) is 0 Å². The number of alkyl halides is 3. The van der Waals surface area contributed by atoms with Gasteiger partial charge in [-0.2, -0.15) is 13.2 Å². The first kappa shape index (κ1) is 16.6. The molecule has 0 heterocycles. The molecule has 0 amide bonds. The van der Waals surface area contributed by atoms with Crippen molar-refractivity contribution in [3.05, 3.63) is 75.3 Å². The molecule has 0 aromatic heterocycles. The molecule has 0 unspecified atom stereocenters. The maximum atomic E-state index is 12.4. The van der Waals surface area contributed by atoms with E-state index in [-0.39, 0.29) is 5.78 Å². The fourth-order valence-corrected chi connectivity index (χ4v) is 2.27. The Morgan fingerprint density at radius 1 is 0.955 bits per heavy atom. The van der Waals surface area contributed by atoms with Crippen molar-refractivity contribution < 1.29 is 18.0 Å². The van der Waals surface area contributed by atoms with Crippen LogP contribution in [0.5, 0.6) is 0 Å². The van der Waals surface area contributed by atoms with Crippen LogP contribution >= 0.6 is 23.2 Å². The van der Waals surface area contributed by atoms with Crippen LogP contribution in [-0.4, -0.2) is 5.78 Å². The van der Waals surface area contributed by atoms with Gasteiger partial charge >= 0.3 is 6.18 Å². The van der Waals surface area contributed by atoms with Crippen molar-refractivity contribution in [2.75, 3.05) is 0 Å². The average molecular weight is 345 g/mol. The largest absolute Gasteiger partial charge is 0.416 e. The zero-order chi connectivity index (χ0) is 16.3. The van der Waals surface area contributed by atoms with Gasteiger partial charge in [0.25, 0.3) is 0 Å². The molecule has 0 radical (unpaired) electrons. The highest BCUT2D eigenvalue weighted by Gasteiger charge is 2.29. The molecule has 114 valence electrons. The Bertz CT molecular complexity index is 699. The first-order chi connectivity index (χ1) is 10.3. The van der Waals surface area contributed by atoms with Crippen LogP contribution in [0, 0.1) is 0 Å². The fraction of sp³-hybridized carbons (Fsp3) is 0.0625. The standard InChI is InChI=1S/C16H9Cl2F3O/c17-13-7-11(8-14(18)9-13)15(22)6-3-10-1-4-12(5-2-10)16(19,20)21/h1-9H/b6-3+. The molecule has 0 aliphatic carbocycles. The van der Waals surface area contributed by atoms with Crippen LogP contribution in [0.1, 0.15) is 21.5 Å². The summed E-state index contributed by atoms with van der Waals surface area (Å²) in [6, 6.07) is 8.93. The van der Waals surface area contributed by atoms with Crippen molar-refractivity contribution in [1.29, 1.82) is 0 Å². The van der Waals surface area contributed by atoms with Crippen molar-refractivity contribution in [2.45, 2.75) is 6.18 Å². The molecule has 0 N–H and O–H groups in total. The number of carbonyl (C=O) groups excluding carboxylic acids is 1. The molecule has 2 aromatic carbocycles. The minimum Gasteiger partial charge on any atom is -0.289 e. The Morgan fingerprint density at radius 3 is 2.00 bits per heavy atom.